The highest BCUT2D eigenvalue weighted by Gasteiger charge is 2.37. The van der Waals surface area contributed by atoms with Gasteiger partial charge in [-0.25, -0.2) is 0 Å². The Bertz CT molecular complexity index is 1220. The number of rotatable bonds is 1. The molecule has 0 aliphatic carbocycles. The van der Waals surface area contributed by atoms with Crippen molar-refractivity contribution in [3.63, 3.8) is 0 Å². The number of hydrogen-bond donors (Lipinski definition) is 1. The molecule has 5 nitrogen and oxygen atoms in total. The number of hydrogen-bond acceptors (Lipinski definition) is 4. The summed E-state index contributed by atoms with van der Waals surface area (Å²) >= 11 is 12.8. The number of ether oxygens (including phenoxy) is 1. The molecule has 134 valence electrons. The Balaban J connectivity index is 2.19. The van der Waals surface area contributed by atoms with Gasteiger partial charge in [-0.15, -0.1) is 0 Å². The third-order valence-corrected chi connectivity index (χ3v) is 5.41. The number of benzene rings is 2. The topological polar surface area (TPSA) is 81.0 Å². The van der Waals surface area contributed by atoms with Crippen LogP contribution in [0.3, 0.4) is 0 Å². The van der Waals surface area contributed by atoms with Gasteiger partial charge in [-0.05, 0) is 24.3 Å². The van der Waals surface area contributed by atoms with Crippen LogP contribution in [0.4, 0.5) is 0 Å². The second-order valence-electron chi connectivity index (χ2n) is 6.18. The highest BCUT2D eigenvalue weighted by atomic mass is 35.5. The molecule has 0 fully saturated rings. The molecule has 3 aromatic rings. The van der Waals surface area contributed by atoms with Crippen molar-refractivity contribution in [2.24, 2.45) is 12.8 Å². The quantitative estimate of drug-likeness (QED) is 0.670. The molecule has 7 heteroatoms. The number of nitrogens with zero attached hydrogens (tertiary/aromatic N) is 2. The maximum atomic E-state index is 13.2. The van der Waals surface area contributed by atoms with Crippen LogP contribution in [0.1, 0.15) is 17.0 Å². The summed E-state index contributed by atoms with van der Waals surface area (Å²) in [7, 11) is 1.67. The smallest absolute Gasteiger partial charge is 0.258 e. The van der Waals surface area contributed by atoms with Gasteiger partial charge in [0.25, 0.3) is 5.56 Å². The fourth-order valence-electron chi connectivity index (χ4n) is 3.50. The number of fused-ring (bicyclic) bond motifs is 3. The summed E-state index contributed by atoms with van der Waals surface area (Å²) < 4.78 is 7.27. The van der Waals surface area contributed by atoms with Crippen molar-refractivity contribution >= 4 is 34.1 Å². The molecule has 0 unspecified atom stereocenters. The van der Waals surface area contributed by atoms with E-state index in [2.05, 4.69) is 6.07 Å². The Kier molecular flexibility index (Phi) is 4.11. The highest BCUT2D eigenvalue weighted by molar-refractivity contribution is 6.36. The number of para-hydroxylation sites is 1. The van der Waals surface area contributed by atoms with E-state index in [1.165, 1.54) is 4.57 Å². The van der Waals surface area contributed by atoms with E-state index in [1.807, 2.05) is 24.3 Å². The molecular weight excluding hydrogens is 385 g/mol. The first-order valence-electron chi connectivity index (χ1n) is 8.08. The fourth-order valence-corrected chi connectivity index (χ4v) is 4.12. The first kappa shape index (κ1) is 17.5. The van der Waals surface area contributed by atoms with Crippen LogP contribution >= 0.6 is 23.2 Å². The average molecular weight is 398 g/mol. The Morgan fingerprint density at radius 2 is 1.78 bits per heavy atom. The molecule has 2 N–H and O–H groups in total. The Morgan fingerprint density at radius 3 is 2.44 bits per heavy atom. The fraction of sp³-hybridized carbons (Fsp3) is 0.100. The first-order valence-corrected chi connectivity index (χ1v) is 8.84. The van der Waals surface area contributed by atoms with Gasteiger partial charge in [-0.2, -0.15) is 5.26 Å². The minimum atomic E-state index is -0.816. The summed E-state index contributed by atoms with van der Waals surface area (Å²) in [6.07, 6.45) is 0. The van der Waals surface area contributed by atoms with Gasteiger partial charge >= 0.3 is 0 Å². The monoisotopic (exact) mass is 397 g/mol. The lowest BCUT2D eigenvalue weighted by atomic mass is 9.83. The van der Waals surface area contributed by atoms with Crippen molar-refractivity contribution in [3.8, 4) is 11.8 Å². The van der Waals surface area contributed by atoms with E-state index in [4.69, 9.17) is 33.7 Å². The Morgan fingerprint density at radius 1 is 1.11 bits per heavy atom. The largest absolute Gasteiger partial charge is 0.439 e. The summed E-state index contributed by atoms with van der Waals surface area (Å²) in [6.45, 7) is 0. The third kappa shape index (κ3) is 2.49. The van der Waals surface area contributed by atoms with Crippen LogP contribution in [-0.4, -0.2) is 4.57 Å². The molecule has 27 heavy (non-hydrogen) atoms. The zero-order valence-electron chi connectivity index (χ0n) is 14.2. The lowest BCUT2D eigenvalue weighted by Crippen LogP contribution is -2.31. The second-order valence-corrected chi connectivity index (χ2v) is 7.00. The molecule has 1 aromatic heterocycles. The van der Waals surface area contributed by atoms with Crippen molar-refractivity contribution in [2.75, 3.05) is 0 Å². The van der Waals surface area contributed by atoms with Crippen LogP contribution in [0.15, 0.2) is 58.7 Å². The van der Waals surface area contributed by atoms with E-state index >= 15 is 0 Å². The van der Waals surface area contributed by atoms with Crippen molar-refractivity contribution in [1.29, 1.82) is 5.26 Å². The summed E-state index contributed by atoms with van der Waals surface area (Å²) in [5.74, 6) is -0.557. The van der Waals surface area contributed by atoms with E-state index in [1.54, 1.807) is 25.2 Å². The zero-order chi connectivity index (χ0) is 19.3. The maximum absolute atomic E-state index is 13.2. The predicted octanol–water partition coefficient (Wildman–Crippen LogP) is 4.06. The van der Waals surface area contributed by atoms with Crippen molar-refractivity contribution < 1.29 is 4.74 Å². The SMILES string of the molecule is Cn1c(=O)c2c(c3ccccc31)OC(N)=C(C#N)[C@@H]2c1c(Cl)cccc1Cl. The van der Waals surface area contributed by atoms with E-state index < -0.39 is 5.92 Å². The van der Waals surface area contributed by atoms with Crippen LogP contribution < -0.4 is 16.0 Å². The number of pyridine rings is 1. The van der Waals surface area contributed by atoms with E-state index in [0.29, 0.717) is 32.3 Å². The normalized spacial score (nSPS) is 16.0. The molecule has 2 aromatic carbocycles. The Labute approximate surface area is 164 Å². The summed E-state index contributed by atoms with van der Waals surface area (Å²) in [6, 6.07) is 14.4. The minimum absolute atomic E-state index is 0.0654. The molecule has 0 spiro atoms. The average Bonchev–Trinajstić information content (AvgIpc) is 2.65. The number of nitrogens with two attached hydrogens (primary N) is 1. The van der Waals surface area contributed by atoms with E-state index in [9.17, 15) is 10.1 Å². The van der Waals surface area contributed by atoms with Gasteiger partial charge in [0, 0.05) is 28.0 Å². The number of aryl methyl sites for hydroxylation is 1. The number of halogens is 2. The first-order chi connectivity index (χ1) is 13.0. The minimum Gasteiger partial charge on any atom is -0.439 e. The van der Waals surface area contributed by atoms with Gasteiger partial charge in [-0.1, -0.05) is 41.4 Å². The van der Waals surface area contributed by atoms with Crippen molar-refractivity contribution in [2.45, 2.75) is 5.92 Å². The van der Waals surface area contributed by atoms with Gasteiger partial charge in [0.2, 0.25) is 5.88 Å². The molecular formula is C20H13Cl2N3O2. The maximum Gasteiger partial charge on any atom is 0.258 e. The van der Waals surface area contributed by atoms with Crippen LogP contribution in [0.25, 0.3) is 10.9 Å². The predicted molar refractivity (Wildman–Crippen MR) is 105 cm³/mol. The molecule has 2 heterocycles. The van der Waals surface area contributed by atoms with Crippen LogP contribution in [0.5, 0.6) is 5.75 Å². The van der Waals surface area contributed by atoms with Gasteiger partial charge in [0.1, 0.15) is 17.4 Å². The molecule has 0 saturated carbocycles. The van der Waals surface area contributed by atoms with Gasteiger partial charge in [0.05, 0.1) is 17.0 Å². The number of aromatic nitrogens is 1. The second kappa shape index (κ2) is 6.34. The van der Waals surface area contributed by atoms with E-state index in [0.717, 1.165) is 0 Å². The highest BCUT2D eigenvalue weighted by Crippen LogP contribution is 2.46. The summed E-state index contributed by atoms with van der Waals surface area (Å²) in [4.78, 5) is 13.2. The van der Waals surface area contributed by atoms with Crippen molar-refractivity contribution in [3.05, 3.63) is 85.4 Å². The number of allylic oxidation sites excluding steroid dienone is 1. The molecule has 1 aliphatic rings. The van der Waals surface area contributed by atoms with Crippen LogP contribution in [0.2, 0.25) is 10.0 Å². The standard InChI is InChI=1S/C20H13Cl2N3O2/c1-25-14-8-3-2-5-10(14)18-17(20(25)26)15(11(9-23)19(24)27-18)16-12(21)6-4-7-13(16)22/h2-8,15H,24H2,1H3/t15-/m1/s1. The van der Waals surface area contributed by atoms with E-state index in [-0.39, 0.29) is 22.6 Å². The lowest BCUT2D eigenvalue weighted by Gasteiger charge is -2.28. The van der Waals surface area contributed by atoms with Crippen LogP contribution in [0, 0.1) is 11.3 Å². The number of nitriles is 1. The van der Waals surface area contributed by atoms with Crippen molar-refractivity contribution in [1.82, 2.24) is 4.57 Å². The van der Waals surface area contributed by atoms with Gasteiger partial charge < -0.3 is 15.0 Å². The molecule has 0 saturated heterocycles. The van der Waals surface area contributed by atoms with Gasteiger partial charge in [0.15, 0.2) is 0 Å². The molecule has 0 radical (unpaired) electrons. The molecule has 1 aliphatic heterocycles. The Hall–Kier alpha value is -2.94. The molecule has 0 amide bonds. The van der Waals surface area contributed by atoms with Crippen LogP contribution in [-0.2, 0) is 7.05 Å². The molecule has 0 bridgehead atoms. The summed E-state index contributed by atoms with van der Waals surface area (Å²) in [5.41, 5.74) is 7.29. The third-order valence-electron chi connectivity index (χ3n) is 4.75. The zero-order valence-corrected chi connectivity index (χ0v) is 15.7. The van der Waals surface area contributed by atoms with Gasteiger partial charge in [-0.3, -0.25) is 4.79 Å². The molecule has 1 atom stereocenters. The molecule has 4 rings (SSSR count). The summed E-state index contributed by atoms with van der Waals surface area (Å²) in [5, 5.41) is 11.1. The lowest BCUT2D eigenvalue weighted by molar-refractivity contribution is 0.396.